The fraction of sp³-hybridized carbons (Fsp3) is 0.333. The number of aryl methyl sites for hydroxylation is 1. The number of hydrogen-bond acceptors (Lipinski definition) is 4. The number of benzene rings is 2. The van der Waals surface area contributed by atoms with E-state index in [0.717, 1.165) is 11.3 Å². The highest BCUT2D eigenvalue weighted by Gasteiger charge is 2.35. The van der Waals surface area contributed by atoms with E-state index in [1.165, 1.54) is 12.1 Å². The molecule has 2 amide bonds. The predicted octanol–water partition coefficient (Wildman–Crippen LogP) is 2.67. The van der Waals surface area contributed by atoms with E-state index >= 15 is 0 Å². The molecule has 1 aliphatic rings. The molecule has 154 valence electrons. The van der Waals surface area contributed by atoms with Crippen LogP contribution in [-0.2, 0) is 19.6 Å². The Hall–Kier alpha value is -2.71. The second-order valence-electron chi connectivity index (χ2n) is 7.53. The van der Waals surface area contributed by atoms with Gasteiger partial charge in [-0.15, -0.1) is 0 Å². The molecule has 1 atom stereocenters. The van der Waals surface area contributed by atoms with Gasteiger partial charge in [-0.25, -0.2) is 13.1 Å². The first-order valence-electron chi connectivity index (χ1n) is 9.46. The van der Waals surface area contributed by atoms with Crippen LogP contribution >= 0.6 is 0 Å². The van der Waals surface area contributed by atoms with Gasteiger partial charge >= 0.3 is 0 Å². The average Bonchev–Trinajstić information content (AvgIpc) is 3.04. The van der Waals surface area contributed by atoms with Crippen LogP contribution in [0.15, 0.2) is 53.4 Å². The van der Waals surface area contributed by atoms with Gasteiger partial charge in [-0.05, 0) is 57.2 Å². The Kier molecular flexibility index (Phi) is 6.04. The first kappa shape index (κ1) is 21.0. The predicted molar refractivity (Wildman–Crippen MR) is 112 cm³/mol. The zero-order valence-electron chi connectivity index (χ0n) is 16.7. The maximum Gasteiger partial charge on any atom is 0.240 e. The van der Waals surface area contributed by atoms with Crippen LogP contribution in [-0.4, -0.2) is 32.8 Å². The number of rotatable bonds is 6. The summed E-state index contributed by atoms with van der Waals surface area (Å²) in [6, 6.07) is 13.4. The van der Waals surface area contributed by atoms with Gasteiger partial charge < -0.3 is 10.2 Å². The zero-order valence-corrected chi connectivity index (χ0v) is 17.5. The van der Waals surface area contributed by atoms with Crippen molar-refractivity contribution in [3.8, 4) is 0 Å². The van der Waals surface area contributed by atoms with Gasteiger partial charge in [0.1, 0.15) is 0 Å². The molecule has 0 unspecified atom stereocenters. The molecule has 29 heavy (non-hydrogen) atoms. The SMILES string of the molecule is Cc1ccc(N2C[C@H](C(=O)Nc3ccc(S(=O)(=O)NC(C)C)cc3)CC2=O)cc1. The molecule has 1 saturated heterocycles. The molecule has 2 N–H and O–H groups in total. The number of nitrogens with one attached hydrogen (secondary N) is 2. The molecule has 8 heteroatoms. The smallest absolute Gasteiger partial charge is 0.240 e. The van der Waals surface area contributed by atoms with Crippen LogP contribution in [0.25, 0.3) is 0 Å². The molecule has 0 bridgehead atoms. The largest absolute Gasteiger partial charge is 0.326 e. The monoisotopic (exact) mass is 415 g/mol. The van der Waals surface area contributed by atoms with Gasteiger partial charge in [0.25, 0.3) is 0 Å². The minimum Gasteiger partial charge on any atom is -0.326 e. The Morgan fingerprint density at radius 1 is 1.07 bits per heavy atom. The van der Waals surface area contributed by atoms with Crippen molar-refractivity contribution in [3.63, 3.8) is 0 Å². The fourth-order valence-electron chi connectivity index (χ4n) is 3.20. The Morgan fingerprint density at radius 3 is 2.28 bits per heavy atom. The van der Waals surface area contributed by atoms with E-state index in [1.807, 2.05) is 31.2 Å². The minimum absolute atomic E-state index is 0.0878. The van der Waals surface area contributed by atoms with E-state index in [0.29, 0.717) is 12.2 Å². The summed E-state index contributed by atoms with van der Waals surface area (Å²) >= 11 is 0. The second kappa shape index (κ2) is 8.34. The molecule has 2 aromatic carbocycles. The summed E-state index contributed by atoms with van der Waals surface area (Å²) in [5.74, 6) is -0.811. The number of amides is 2. The molecule has 0 saturated carbocycles. The van der Waals surface area contributed by atoms with Crippen LogP contribution in [0.5, 0.6) is 0 Å². The van der Waals surface area contributed by atoms with Gasteiger partial charge in [0.15, 0.2) is 0 Å². The van der Waals surface area contributed by atoms with Gasteiger partial charge in [-0.1, -0.05) is 17.7 Å². The number of carbonyl (C=O) groups is 2. The summed E-state index contributed by atoms with van der Waals surface area (Å²) in [6.07, 6.45) is 0.143. The van der Waals surface area contributed by atoms with Crippen LogP contribution in [0.4, 0.5) is 11.4 Å². The summed E-state index contributed by atoms with van der Waals surface area (Å²) in [7, 11) is -3.58. The van der Waals surface area contributed by atoms with Gasteiger partial charge in [-0.2, -0.15) is 0 Å². The summed E-state index contributed by atoms with van der Waals surface area (Å²) in [4.78, 5) is 26.7. The molecule has 3 rings (SSSR count). The van der Waals surface area contributed by atoms with E-state index < -0.39 is 15.9 Å². The highest BCUT2D eigenvalue weighted by atomic mass is 32.2. The lowest BCUT2D eigenvalue weighted by atomic mass is 10.1. The van der Waals surface area contributed by atoms with Crippen molar-refractivity contribution in [2.24, 2.45) is 5.92 Å². The number of hydrogen-bond donors (Lipinski definition) is 2. The van der Waals surface area contributed by atoms with Crippen molar-refractivity contribution >= 4 is 33.2 Å². The lowest BCUT2D eigenvalue weighted by Crippen LogP contribution is -2.30. The normalized spacial score (nSPS) is 17.0. The maximum absolute atomic E-state index is 12.6. The van der Waals surface area contributed by atoms with Crippen LogP contribution in [0.3, 0.4) is 0 Å². The van der Waals surface area contributed by atoms with Gasteiger partial charge in [0.05, 0.1) is 10.8 Å². The molecule has 1 aliphatic heterocycles. The summed E-state index contributed by atoms with van der Waals surface area (Å²) in [6.45, 7) is 5.78. The van der Waals surface area contributed by atoms with Crippen molar-refractivity contribution in [3.05, 3.63) is 54.1 Å². The highest BCUT2D eigenvalue weighted by molar-refractivity contribution is 7.89. The number of sulfonamides is 1. The molecule has 7 nitrogen and oxygen atoms in total. The lowest BCUT2D eigenvalue weighted by molar-refractivity contribution is -0.122. The van der Waals surface area contributed by atoms with Gasteiger partial charge in [-0.3, -0.25) is 9.59 Å². The summed E-state index contributed by atoms with van der Waals surface area (Å²) < 4.78 is 26.9. The number of anilines is 2. The molecular formula is C21H25N3O4S. The third-order valence-electron chi connectivity index (χ3n) is 4.66. The van der Waals surface area contributed by atoms with E-state index in [-0.39, 0.29) is 29.2 Å². The lowest BCUT2D eigenvalue weighted by Gasteiger charge is -2.17. The highest BCUT2D eigenvalue weighted by Crippen LogP contribution is 2.26. The van der Waals surface area contributed by atoms with E-state index in [1.54, 1.807) is 30.9 Å². The van der Waals surface area contributed by atoms with Crippen LogP contribution in [0.1, 0.15) is 25.8 Å². The average molecular weight is 416 g/mol. The molecule has 0 radical (unpaired) electrons. The van der Waals surface area contributed by atoms with Crippen LogP contribution < -0.4 is 14.9 Å². The molecule has 1 heterocycles. The molecular weight excluding hydrogens is 390 g/mol. The van der Waals surface area contributed by atoms with Gasteiger partial charge in [0.2, 0.25) is 21.8 Å². The number of nitrogens with zero attached hydrogens (tertiary/aromatic N) is 1. The minimum atomic E-state index is -3.58. The van der Waals surface area contributed by atoms with E-state index in [4.69, 9.17) is 0 Å². The molecule has 0 spiro atoms. The molecule has 0 aliphatic carbocycles. The van der Waals surface area contributed by atoms with Crippen molar-refractivity contribution in [1.29, 1.82) is 0 Å². The number of carbonyl (C=O) groups excluding carboxylic acids is 2. The Balaban J connectivity index is 1.65. The van der Waals surface area contributed by atoms with Crippen molar-refractivity contribution in [1.82, 2.24) is 4.72 Å². The Morgan fingerprint density at radius 2 is 1.69 bits per heavy atom. The van der Waals surface area contributed by atoms with Crippen molar-refractivity contribution in [2.75, 3.05) is 16.8 Å². The van der Waals surface area contributed by atoms with Crippen molar-refractivity contribution < 1.29 is 18.0 Å². The Bertz CT molecular complexity index is 999. The topological polar surface area (TPSA) is 95.6 Å². The molecule has 0 aromatic heterocycles. The standard InChI is InChI=1S/C21H25N3O4S/c1-14(2)23-29(27,28)19-10-6-17(7-11-19)22-21(26)16-12-20(25)24(13-16)18-8-4-15(3)5-9-18/h4-11,14,16,23H,12-13H2,1-3H3,(H,22,26)/t16-/m1/s1. The van der Waals surface area contributed by atoms with Crippen LogP contribution in [0.2, 0.25) is 0 Å². The summed E-state index contributed by atoms with van der Waals surface area (Å²) in [5.41, 5.74) is 2.37. The second-order valence-corrected chi connectivity index (χ2v) is 9.24. The quantitative estimate of drug-likeness (QED) is 0.758. The van der Waals surface area contributed by atoms with E-state index in [9.17, 15) is 18.0 Å². The zero-order chi connectivity index (χ0) is 21.2. The van der Waals surface area contributed by atoms with Crippen molar-refractivity contribution in [2.45, 2.75) is 38.1 Å². The fourth-order valence-corrected chi connectivity index (χ4v) is 4.45. The summed E-state index contributed by atoms with van der Waals surface area (Å²) in [5, 5.41) is 2.77. The van der Waals surface area contributed by atoms with E-state index in [2.05, 4.69) is 10.0 Å². The third kappa shape index (κ3) is 5.02. The Labute approximate surface area is 171 Å². The van der Waals surface area contributed by atoms with Crippen LogP contribution in [0, 0.1) is 12.8 Å². The molecule has 2 aromatic rings. The third-order valence-corrected chi connectivity index (χ3v) is 6.34. The maximum atomic E-state index is 12.6. The first-order valence-corrected chi connectivity index (χ1v) is 10.9. The first-order chi connectivity index (χ1) is 13.7. The van der Waals surface area contributed by atoms with Gasteiger partial charge in [0, 0.05) is 30.4 Å². The molecule has 1 fully saturated rings.